The van der Waals surface area contributed by atoms with Gasteiger partial charge in [0.2, 0.25) is 0 Å². The van der Waals surface area contributed by atoms with E-state index in [2.05, 4.69) is 39.5 Å². The zero-order valence-electron chi connectivity index (χ0n) is 11.8. The third-order valence-electron chi connectivity index (χ3n) is 3.76. The molecule has 1 aliphatic heterocycles. The molecule has 1 aliphatic rings. The molecule has 0 bridgehead atoms. The van der Waals surface area contributed by atoms with Crippen LogP contribution in [0.2, 0.25) is 0 Å². The average molecular weight is 273 g/mol. The smallest absolute Gasteiger partial charge is 0.177 e. The van der Waals surface area contributed by atoms with Crippen molar-refractivity contribution in [1.82, 2.24) is 20.2 Å². The summed E-state index contributed by atoms with van der Waals surface area (Å²) >= 11 is 0. The topological polar surface area (TPSA) is 67.1 Å². The van der Waals surface area contributed by atoms with E-state index >= 15 is 0 Å². The van der Waals surface area contributed by atoms with E-state index in [4.69, 9.17) is 0 Å². The van der Waals surface area contributed by atoms with Crippen LogP contribution in [-0.4, -0.2) is 38.9 Å². The molecule has 106 valence electrons. The highest BCUT2D eigenvalue weighted by atomic mass is 16.3. The summed E-state index contributed by atoms with van der Waals surface area (Å²) in [5.41, 5.74) is 3.50. The van der Waals surface area contributed by atoms with Gasteiger partial charge in [0.15, 0.2) is 5.82 Å². The van der Waals surface area contributed by atoms with Crippen molar-refractivity contribution < 1.29 is 5.11 Å². The van der Waals surface area contributed by atoms with Gasteiger partial charge >= 0.3 is 0 Å². The molecule has 1 aromatic carbocycles. The maximum atomic E-state index is 10.3. The molecule has 1 atom stereocenters. The number of rotatable bonds is 3. The van der Waals surface area contributed by atoms with Crippen LogP contribution in [-0.2, 0) is 19.9 Å². The Labute approximate surface area is 118 Å². The molecule has 0 fully saturated rings. The minimum Gasteiger partial charge on any atom is -0.388 e. The van der Waals surface area contributed by atoms with Gasteiger partial charge in [-0.3, -0.25) is 0 Å². The monoisotopic (exact) mass is 273 g/mol. The second-order valence-electron chi connectivity index (χ2n) is 5.33. The number of aryl methyl sites for hydroxylation is 2. The van der Waals surface area contributed by atoms with E-state index in [0.717, 1.165) is 24.9 Å². The lowest BCUT2D eigenvalue weighted by molar-refractivity contribution is 0.175. The lowest BCUT2D eigenvalue weighted by Gasteiger charge is -2.28. The highest BCUT2D eigenvalue weighted by molar-refractivity contribution is 5.56. The molecule has 20 heavy (non-hydrogen) atoms. The van der Waals surface area contributed by atoms with E-state index in [1.165, 1.54) is 16.0 Å². The number of aromatic nitrogens is 4. The molecular formula is C14H19N5O. The minimum absolute atomic E-state index is 0.391. The van der Waals surface area contributed by atoms with Crippen LogP contribution in [0.4, 0.5) is 5.69 Å². The van der Waals surface area contributed by atoms with E-state index < -0.39 is 6.10 Å². The summed E-state index contributed by atoms with van der Waals surface area (Å²) in [5.74, 6) is 0.565. The van der Waals surface area contributed by atoms with Crippen molar-refractivity contribution in [2.24, 2.45) is 7.05 Å². The largest absolute Gasteiger partial charge is 0.388 e. The third-order valence-corrected chi connectivity index (χ3v) is 3.76. The average Bonchev–Trinajstić information content (AvgIpc) is 2.84. The fourth-order valence-electron chi connectivity index (χ4n) is 2.71. The number of nitrogens with zero attached hydrogens (tertiary/aromatic N) is 5. The Hall–Kier alpha value is -1.95. The van der Waals surface area contributed by atoms with Gasteiger partial charge in [-0.05, 0) is 35.2 Å². The van der Waals surface area contributed by atoms with E-state index in [1.54, 1.807) is 7.05 Å². The molecule has 0 saturated carbocycles. The number of aliphatic hydroxyl groups is 1. The highest BCUT2D eigenvalue weighted by Gasteiger charge is 2.17. The number of hydrogen-bond donors (Lipinski definition) is 1. The Morgan fingerprint density at radius 2 is 2.20 bits per heavy atom. The molecule has 2 heterocycles. The number of aliphatic hydroxyl groups excluding tert-OH is 1. The number of anilines is 1. The van der Waals surface area contributed by atoms with Gasteiger partial charge in [-0.2, -0.15) is 4.80 Å². The normalized spacial score (nSPS) is 16.1. The van der Waals surface area contributed by atoms with Gasteiger partial charge in [0.05, 0.1) is 13.2 Å². The Balaban J connectivity index is 1.80. The Morgan fingerprint density at radius 1 is 1.35 bits per heavy atom. The number of benzene rings is 1. The lowest BCUT2D eigenvalue weighted by atomic mass is 9.96. The third kappa shape index (κ3) is 2.51. The summed E-state index contributed by atoms with van der Waals surface area (Å²) in [6.07, 6.45) is 2.04. The Morgan fingerprint density at radius 3 is 2.95 bits per heavy atom. The fraction of sp³-hybridized carbons (Fsp3) is 0.500. The van der Waals surface area contributed by atoms with E-state index in [1.807, 2.05) is 6.07 Å². The van der Waals surface area contributed by atoms with Crippen LogP contribution in [0, 0.1) is 0 Å². The maximum Gasteiger partial charge on any atom is 0.177 e. The maximum absolute atomic E-state index is 10.3. The van der Waals surface area contributed by atoms with Crippen LogP contribution in [0.5, 0.6) is 0 Å². The van der Waals surface area contributed by atoms with Gasteiger partial charge in [0.1, 0.15) is 0 Å². The first kappa shape index (κ1) is 13.1. The van der Waals surface area contributed by atoms with Gasteiger partial charge in [-0.25, -0.2) is 0 Å². The summed E-state index contributed by atoms with van der Waals surface area (Å²) in [7, 11) is 3.83. The quantitative estimate of drug-likeness (QED) is 0.898. The van der Waals surface area contributed by atoms with E-state index in [-0.39, 0.29) is 0 Å². The van der Waals surface area contributed by atoms with Crippen molar-refractivity contribution in [3.63, 3.8) is 0 Å². The molecule has 2 aromatic rings. The lowest BCUT2D eigenvalue weighted by Crippen LogP contribution is -2.24. The van der Waals surface area contributed by atoms with Crippen molar-refractivity contribution in [3.8, 4) is 0 Å². The van der Waals surface area contributed by atoms with Crippen LogP contribution < -0.4 is 4.90 Å². The predicted molar refractivity (Wildman–Crippen MR) is 75.5 cm³/mol. The molecule has 0 aliphatic carbocycles. The molecule has 0 amide bonds. The van der Waals surface area contributed by atoms with Crippen LogP contribution in [0.25, 0.3) is 0 Å². The molecule has 1 N–H and O–H groups in total. The van der Waals surface area contributed by atoms with Crippen LogP contribution >= 0.6 is 0 Å². The summed E-state index contributed by atoms with van der Waals surface area (Å²) in [6, 6.07) is 6.19. The zero-order valence-corrected chi connectivity index (χ0v) is 11.8. The van der Waals surface area contributed by atoms with Crippen LogP contribution in [0.15, 0.2) is 18.2 Å². The van der Waals surface area contributed by atoms with Crippen LogP contribution in [0.3, 0.4) is 0 Å². The number of hydrogen-bond acceptors (Lipinski definition) is 5. The molecule has 6 nitrogen and oxygen atoms in total. The standard InChI is InChI=1S/C14H19N5O/c1-18-7-3-4-10-8-11(5-6-12(10)18)13(20)9-14-15-17-19(2)16-14/h5-6,8,13,20H,3-4,7,9H2,1-2H3. The zero-order chi connectivity index (χ0) is 14.1. The van der Waals surface area contributed by atoms with Crippen molar-refractivity contribution >= 4 is 5.69 Å². The fourth-order valence-corrected chi connectivity index (χ4v) is 2.71. The summed E-state index contributed by atoms with van der Waals surface area (Å²) < 4.78 is 0. The summed E-state index contributed by atoms with van der Waals surface area (Å²) in [4.78, 5) is 3.67. The van der Waals surface area contributed by atoms with Gasteiger partial charge in [0.25, 0.3) is 0 Å². The van der Waals surface area contributed by atoms with Crippen molar-refractivity contribution in [2.75, 3.05) is 18.5 Å². The van der Waals surface area contributed by atoms with E-state index in [9.17, 15) is 5.11 Å². The second kappa shape index (κ2) is 5.20. The van der Waals surface area contributed by atoms with Gasteiger partial charge in [-0.1, -0.05) is 12.1 Å². The van der Waals surface area contributed by atoms with Crippen molar-refractivity contribution in [2.45, 2.75) is 25.4 Å². The minimum atomic E-state index is -0.586. The Kier molecular flexibility index (Phi) is 3.40. The second-order valence-corrected chi connectivity index (χ2v) is 5.33. The van der Waals surface area contributed by atoms with Gasteiger partial charge in [-0.15, -0.1) is 10.2 Å². The van der Waals surface area contributed by atoms with Crippen molar-refractivity contribution in [3.05, 3.63) is 35.2 Å². The molecular weight excluding hydrogens is 254 g/mol. The van der Waals surface area contributed by atoms with Crippen molar-refractivity contribution in [1.29, 1.82) is 0 Å². The molecule has 0 spiro atoms. The molecule has 1 unspecified atom stereocenters. The first-order valence-electron chi connectivity index (χ1n) is 6.88. The van der Waals surface area contributed by atoms with Gasteiger partial charge < -0.3 is 10.0 Å². The molecule has 6 heteroatoms. The first-order chi connectivity index (χ1) is 9.63. The SMILES string of the molecule is CN1CCCc2cc(C(O)Cc3nnn(C)n3)ccc21. The highest BCUT2D eigenvalue weighted by Crippen LogP contribution is 2.29. The van der Waals surface area contributed by atoms with E-state index in [0.29, 0.717) is 12.2 Å². The Bertz CT molecular complexity index is 609. The molecule has 3 rings (SSSR count). The molecule has 1 aromatic heterocycles. The number of tetrazole rings is 1. The summed E-state index contributed by atoms with van der Waals surface area (Å²) in [6.45, 7) is 1.10. The molecule has 0 saturated heterocycles. The summed E-state index contributed by atoms with van der Waals surface area (Å²) in [5, 5.41) is 22.1. The first-order valence-corrected chi connectivity index (χ1v) is 6.88. The predicted octanol–water partition coefficient (Wildman–Crippen LogP) is 0.869. The number of fused-ring (bicyclic) bond motifs is 1. The van der Waals surface area contributed by atoms with Gasteiger partial charge in [0, 0.05) is 25.7 Å². The van der Waals surface area contributed by atoms with Crippen LogP contribution in [0.1, 0.15) is 29.5 Å². The molecule has 0 radical (unpaired) electrons.